The van der Waals surface area contributed by atoms with E-state index in [9.17, 15) is 0 Å². The Hall–Kier alpha value is -1.79. The molecule has 146 valence electrons. The molecule has 1 heterocycles. The topological polar surface area (TPSA) is 55.3 Å². The third-order valence-electron chi connectivity index (χ3n) is 4.72. The highest BCUT2D eigenvalue weighted by Gasteiger charge is 2.15. The number of ether oxygens (including phenoxy) is 3. The van der Waals surface area contributed by atoms with E-state index in [1.807, 2.05) is 31.3 Å². The first-order valence-corrected chi connectivity index (χ1v) is 9.43. The van der Waals surface area contributed by atoms with E-state index in [1.165, 1.54) is 19.3 Å². The Morgan fingerprint density at radius 1 is 1.35 bits per heavy atom. The highest BCUT2D eigenvalue weighted by molar-refractivity contribution is 5.79. The predicted molar refractivity (Wildman–Crippen MR) is 105 cm³/mol. The van der Waals surface area contributed by atoms with Gasteiger partial charge in [0, 0.05) is 40.4 Å². The first-order valence-electron chi connectivity index (χ1n) is 9.43. The van der Waals surface area contributed by atoms with Gasteiger partial charge in [-0.15, -0.1) is 0 Å². The zero-order valence-electron chi connectivity index (χ0n) is 16.4. The number of hydrogen-bond donors (Lipinski definition) is 1. The average molecular weight is 364 g/mol. The van der Waals surface area contributed by atoms with Gasteiger partial charge in [0.1, 0.15) is 5.75 Å². The lowest BCUT2D eigenvalue weighted by Gasteiger charge is -2.26. The Bertz CT molecular complexity index is 545. The molecule has 0 amide bonds. The number of nitrogens with zero attached hydrogens (tertiary/aromatic N) is 2. The highest BCUT2D eigenvalue weighted by Crippen LogP contribution is 2.18. The van der Waals surface area contributed by atoms with Gasteiger partial charge in [-0.25, -0.2) is 0 Å². The number of nitrogens with one attached hydrogen (secondary N) is 1. The van der Waals surface area contributed by atoms with E-state index < -0.39 is 0 Å². The summed E-state index contributed by atoms with van der Waals surface area (Å²) in [5, 5.41) is 3.37. The highest BCUT2D eigenvalue weighted by atomic mass is 16.5. The van der Waals surface area contributed by atoms with Crippen molar-refractivity contribution in [2.45, 2.75) is 25.9 Å². The second-order valence-corrected chi connectivity index (χ2v) is 6.64. The monoisotopic (exact) mass is 363 g/mol. The molecule has 6 heteroatoms. The van der Waals surface area contributed by atoms with E-state index in [0.717, 1.165) is 49.5 Å². The molecule has 0 bridgehead atoms. The molecule has 1 aliphatic rings. The van der Waals surface area contributed by atoms with Crippen molar-refractivity contribution in [3.8, 4) is 5.75 Å². The van der Waals surface area contributed by atoms with Gasteiger partial charge >= 0.3 is 0 Å². The summed E-state index contributed by atoms with van der Waals surface area (Å²) in [6, 6.07) is 7.95. The van der Waals surface area contributed by atoms with Crippen LogP contribution in [-0.4, -0.2) is 65.0 Å². The molecule has 2 rings (SSSR count). The van der Waals surface area contributed by atoms with Gasteiger partial charge in [0.25, 0.3) is 0 Å². The van der Waals surface area contributed by atoms with Gasteiger partial charge in [0.2, 0.25) is 0 Å². The molecule has 0 aromatic heterocycles. The molecule has 1 N–H and O–H groups in total. The maximum atomic E-state index is 5.74. The van der Waals surface area contributed by atoms with Crippen LogP contribution in [0.5, 0.6) is 5.75 Å². The van der Waals surface area contributed by atoms with Crippen molar-refractivity contribution in [2.75, 3.05) is 54.1 Å². The Balaban J connectivity index is 1.61. The number of hydrogen-bond acceptors (Lipinski definition) is 4. The molecule has 1 aliphatic heterocycles. The summed E-state index contributed by atoms with van der Waals surface area (Å²) < 4.78 is 16.4. The molecular formula is C20H33N3O3. The average Bonchev–Trinajstić information content (AvgIpc) is 2.70. The Labute approximate surface area is 157 Å². The molecule has 0 unspecified atom stereocenters. The van der Waals surface area contributed by atoms with Gasteiger partial charge in [-0.05, 0) is 42.9 Å². The van der Waals surface area contributed by atoms with E-state index in [1.54, 1.807) is 7.11 Å². The zero-order valence-corrected chi connectivity index (χ0v) is 16.4. The number of benzene rings is 1. The van der Waals surface area contributed by atoms with Crippen LogP contribution in [0.2, 0.25) is 0 Å². The minimum atomic E-state index is 0.580. The third kappa shape index (κ3) is 7.22. The maximum Gasteiger partial charge on any atom is 0.193 e. The minimum Gasteiger partial charge on any atom is -0.497 e. The van der Waals surface area contributed by atoms with Crippen LogP contribution < -0.4 is 10.1 Å². The van der Waals surface area contributed by atoms with Crippen molar-refractivity contribution in [3.05, 3.63) is 29.8 Å². The fourth-order valence-electron chi connectivity index (χ4n) is 3.09. The summed E-state index contributed by atoms with van der Waals surface area (Å²) in [6.07, 6.45) is 3.54. The fraction of sp³-hybridized carbons (Fsp3) is 0.650. The summed E-state index contributed by atoms with van der Waals surface area (Å²) in [4.78, 5) is 6.56. The molecule has 1 aromatic rings. The van der Waals surface area contributed by atoms with E-state index in [-0.39, 0.29) is 0 Å². The van der Waals surface area contributed by atoms with E-state index in [0.29, 0.717) is 13.2 Å². The molecule has 6 nitrogen and oxygen atoms in total. The quantitative estimate of drug-likeness (QED) is 0.415. The number of methoxy groups -OCH3 is 1. The number of aliphatic imine (C=N–C) groups is 1. The standard InChI is InChI=1S/C20H33N3O3/c1-21-20(23(2)11-7-17-8-12-25-13-9-17)22-10-14-26-16-18-5-4-6-19(15-18)24-3/h4-6,15,17H,7-14,16H2,1-3H3,(H,21,22). The molecular weight excluding hydrogens is 330 g/mol. The molecule has 1 saturated heterocycles. The van der Waals surface area contributed by atoms with Crippen LogP contribution in [0, 0.1) is 5.92 Å². The van der Waals surface area contributed by atoms with Crippen LogP contribution in [0.4, 0.5) is 0 Å². The summed E-state index contributed by atoms with van der Waals surface area (Å²) in [7, 11) is 5.59. The van der Waals surface area contributed by atoms with Crippen LogP contribution in [0.1, 0.15) is 24.8 Å². The lowest BCUT2D eigenvalue weighted by atomic mass is 9.96. The van der Waals surface area contributed by atoms with Crippen LogP contribution >= 0.6 is 0 Å². The van der Waals surface area contributed by atoms with E-state index >= 15 is 0 Å². The number of guanidine groups is 1. The Morgan fingerprint density at radius 2 is 2.15 bits per heavy atom. The van der Waals surface area contributed by atoms with Crippen molar-refractivity contribution in [2.24, 2.45) is 10.9 Å². The second-order valence-electron chi connectivity index (χ2n) is 6.64. The Kier molecular flexibility index (Phi) is 9.28. The van der Waals surface area contributed by atoms with Gasteiger partial charge in [-0.3, -0.25) is 4.99 Å². The van der Waals surface area contributed by atoms with E-state index in [2.05, 4.69) is 22.3 Å². The van der Waals surface area contributed by atoms with Crippen molar-refractivity contribution < 1.29 is 14.2 Å². The predicted octanol–water partition coefficient (Wildman–Crippen LogP) is 2.54. The van der Waals surface area contributed by atoms with Crippen LogP contribution in [0.15, 0.2) is 29.3 Å². The molecule has 1 fully saturated rings. The normalized spacial score (nSPS) is 15.7. The lowest BCUT2D eigenvalue weighted by molar-refractivity contribution is 0.0625. The van der Waals surface area contributed by atoms with Crippen molar-refractivity contribution in [1.82, 2.24) is 10.2 Å². The summed E-state index contributed by atoms with van der Waals surface area (Å²) in [6.45, 7) is 4.77. The van der Waals surface area contributed by atoms with Crippen LogP contribution in [0.25, 0.3) is 0 Å². The van der Waals surface area contributed by atoms with Gasteiger partial charge in [-0.2, -0.15) is 0 Å². The smallest absolute Gasteiger partial charge is 0.193 e. The van der Waals surface area contributed by atoms with Crippen molar-refractivity contribution in [3.63, 3.8) is 0 Å². The van der Waals surface area contributed by atoms with Gasteiger partial charge in [0.05, 0.1) is 20.3 Å². The summed E-state index contributed by atoms with van der Waals surface area (Å²) in [5.74, 6) is 2.55. The van der Waals surface area contributed by atoms with Crippen molar-refractivity contribution >= 4 is 5.96 Å². The first kappa shape index (κ1) is 20.5. The largest absolute Gasteiger partial charge is 0.497 e. The first-order chi connectivity index (χ1) is 12.7. The Morgan fingerprint density at radius 3 is 2.88 bits per heavy atom. The second kappa shape index (κ2) is 11.8. The molecule has 0 radical (unpaired) electrons. The van der Waals surface area contributed by atoms with Gasteiger partial charge in [-0.1, -0.05) is 12.1 Å². The van der Waals surface area contributed by atoms with Gasteiger partial charge in [0.15, 0.2) is 5.96 Å². The maximum absolute atomic E-state index is 5.74. The molecule has 0 atom stereocenters. The molecule has 0 spiro atoms. The fourth-order valence-corrected chi connectivity index (χ4v) is 3.09. The number of rotatable bonds is 9. The third-order valence-corrected chi connectivity index (χ3v) is 4.72. The molecule has 0 saturated carbocycles. The molecule has 26 heavy (non-hydrogen) atoms. The summed E-state index contributed by atoms with van der Waals surface area (Å²) >= 11 is 0. The lowest BCUT2D eigenvalue weighted by Crippen LogP contribution is -2.41. The van der Waals surface area contributed by atoms with Gasteiger partial charge < -0.3 is 24.4 Å². The van der Waals surface area contributed by atoms with E-state index in [4.69, 9.17) is 14.2 Å². The van der Waals surface area contributed by atoms with Crippen molar-refractivity contribution in [1.29, 1.82) is 0 Å². The van der Waals surface area contributed by atoms with Crippen LogP contribution in [0.3, 0.4) is 0 Å². The molecule has 1 aromatic carbocycles. The summed E-state index contributed by atoms with van der Waals surface area (Å²) in [5.41, 5.74) is 1.11. The zero-order chi connectivity index (χ0) is 18.6. The SMILES string of the molecule is CN=C(NCCOCc1cccc(OC)c1)N(C)CCC1CCOCC1. The van der Waals surface area contributed by atoms with Crippen LogP contribution in [-0.2, 0) is 16.1 Å². The minimum absolute atomic E-state index is 0.580. The molecule has 0 aliphatic carbocycles.